The summed E-state index contributed by atoms with van der Waals surface area (Å²) in [6, 6.07) is 3.67. The van der Waals surface area contributed by atoms with Crippen molar-refractivity contribution in [1.29, 1.82) is 0 Å². The molecule has 1 N–H and O–H groups in total. The molecule has 1 aromatic rings. The SMILES string of the molecule is Fc1cc(C(F)F)ccc1N1CCCNCC1. The predicted octanol–water partition coefficient (Wildman–Crippen LogP) is 2.56. The van der Waals surface area contributed by atoms with E-state index in [1.807, 2.05) is 4.90 Å². The third-order valence-electron chi connectivity index (χ3n) is 2.90. The molecule has 1 fully saturated rings. The first-order valence-corrected chi connectivity index (χ1v) is 5.72. The van der Waals surface area contributed by atoms with Crippen molar-refractivity contribution in [2.24, 2.45) is 0 Å². The van der Waals surface area contributed by atoms with Crippen molar-refractivity contribution in [3.63, 3.8) is 0 Å². The second kappa shape index (κ2) is 5.40. The molecule has 1 saturated heterocycles. The maximum Gasteiger partial charge on any atom is 0.263 e. The zero-order chi connectivity index (χ0) is 12.3. The topological polar surface area (TPSA) is 15.3 Å². The van der Waals surface area contributed by atoms with Crippen LogP contribution in [0.15, 0.2) is 18.2 Å². The lowest BCUT2D eigenvalue weighted by Gasteiger charge is -2.23. The molecule has 0 atom stereocenters. The van der Waals surface area contributed by atoms with Gasteiger partial charge < -0.3 is 10.2 Å². The van der Waals surface area contributed by atoms with Crippen molar-refractivity contribution in [1.82, 2.24) is 5.32 Å². The molecule has 1 heterocycles. The molecule has 0 radical (unpaired) electrons. The fourth-order valence-electron chi connectivity index (χ4n) is 2.00. The molecule has 0 aliphatic carbocycles. The number of hydrogen-bond acceptors (Lipinski definition) is 2. The molecule has 17 heavy (non-hydrogen) atoms. The highest BCUT2D eigenvalue weighted by atomic mass is 19.3. The lowest BCUT2D eigenvalue weighted by molar-refractivity contribution is 0.151. The summed E-state index contributed by atoms with van der Waals surface area (Å²) >= 11 is 0. The Morgan fingerprint density at radius 2 is 2.00 bits per heavy atom. The summed E-state index contributed by atoms with van der Waals surface area (Å²) in [4.78, 5) is 1.89. The van der Waals surface area contributed by atoms with Crippen LogP contribution >= 0.6 is 0 Å². The summed E-state index contributed by atoms with van der Waals surface area (Å²) in [6.07, 6.45) is -1.69. The second-order valence-electron chi connectivity index (χ2n) is 4.10. The highest BCUT2D eigenvalue weighted by Gasteiger charge is 2.16. The van der Waals surface area contributed by atoms with Gasteiger partial charge in [-0.3, -0.25) is 0 Å². The third kappa shape index (κ3) is 2.91. The molecule has 2 nitrogen and oxygen atoms in total. The number of rotatable bonds is 2. The monoisotopic (exact) mass is 244 g/mol. The lowest BCUT2D eigenvalue weighted by Crippen LogP contribution is -2.28. The molecule has 0 spiro atoms. The van der Waals surface area contributed by atoms with Crippen LogP contribution < -0.4 is 10.2 Å². The smallest absolute Gasteiger partial charge is 0.263 e. The number of benzene rings is 1. The van der Waals surface area contributed by atoms with Crippen LogP contribution in [0, 0.1) is 5.82 Å². The van der Waals surface area contributed by atoms with Crippen LogP contribution in [0.25, 0.3) is 0 Å². The summed E-state index contributed by atoms with van der Waals surface area (Å²) in [5.74, 6) is -0.565. The molecule has 94 valence electrons. The van der Waals surface area contributed by atoms with Gasteiger partial charge in [0.2, 0.25) is 0 Å². The van der Waals surface area contributed by atoms with Crippen LogP contribution in [0.4, 0.5) is 18.9 Å². The number of anilines is 1. The fraction of sp³-hybridized carbons (Fsp3) is 0.500. The second-order valence-corrected chi connectivity index (χ2v) is 4.10. The van der Waals surface area contributed by atoms with Crippen LogP contribution in [0.5, 0.6) is 0 Å². The molecular formula is C12H15F3N2. The van der Waals surface area contributed by atoms with E-state index in [4.69, 9.17) is 0 Å². The van der Waals surface area contributed by atoms with Crippen molar-refractivity contribution >= 4 is 5.69 Å². The first-order valence-electron chi connectivity index (χ1n) is 5.72. The van der Waals surface area contributed by atoms with E-state index in [-0.39, 0.29) is 5.56 Å². The van der Waals surface area contributed by atoms with Gasteiger partial charge in [0.15, 0.2) is 0 Å². The zero-order valence-electron chi connectivity index (χ0n) is 9.43. The van der Waals surface area contributed by atoms with Gasteiger partial charge in [0.25, 0.3) is 6.43 Å². The van der Waals surface area contributed by atoms with Gasteiger partial charge in [0.1, 0.15) is 5.82 Å². The van der Waals surface area contributed by atoms with Gasteiger partial charge in [-0.2, -0.15) is 0 Å². The van der Waals surface area contributed by atoms with Crippen molar-refractivity contribution in [2.75, 3.05) is 31.1 Å². The van der Waals surface area contributed by atoms with E-state index in [2.05, 4.69) is 5.32 Å². The van der Waals surface area contributed by atoms with Gasteiger partial charge in [-0.05, 0) is 25.1 Å². The van der Waals surface area contributed by atoms with E-state index in [1.165, 1.54) is 12.1 Å². The number of nitrogens with zero attached hydrogens (tertiary/aromatic N) is 1. The molecule has 0 unspecified atom stereocenters. The lowest BCUT2D eigenvalue weighted by atomic mass is 10.2. The summed E-state index contributed by atoms with van der Waals surface area (Å²) in [6.45, 7) is 3.15. The van der Waals surface area contributed by atoms with Gasteiger partial charge in [0, 0.05) is 25.2 Å². The largest absolute Gasteiger partial charge is 0.368 e. The van der Waals surface area contributed by atoms with E-state index in [0.29, 0.717) is 12.2 Å². The Hall–Kier alpha value is -1.23. The standard InChI is InChI=1S/C12H15F3N2/c13-10-8-9(12(14)15)2-3-11(10)17-6-1-4-16-5-7-17/h2-3,8,12,16H,1,4-7H2. The van der Waals surface area contributed by atoms with E-state index in [1.54, 1.807) is 0 Å². The minimum absolute atomic E-state index is 0.265. The first-order chi connectivity index (χ1) is 8.18. The Kier molecular flexibility index (Phi) is 3.89. The van der Waals surface area contributed by atoms with E-state index in [0.717, 1.165) is 32.1 Å². The molecule has 0 amide bonds. The Labute approximate surface area is 98.4 Å². The predicted molar refractivity (Wildman–Crippen MR) is 61.1 cm³/mol. The summed E-state index contributed by atoms with van der Waals surface area (Å²) < 4.78 is 38.5. The van der Waals surface area contributed by atoms with Gasteiger partial charge in [-0.15, -0.1) is 0 Å². The summed E-state index contributed by atoms with van der Waals surface area (Å²) in [7, 11) is 0. The summed E-state index contributed by atoms with van der Waals surface area (Å²) in [5, 5.41) is 3.21. The van der Waals surface area contributed by atoms with Crippen molar-refractivity contribution < 1.29 is 13.2 Å². The molecule has 1 aromatic carbocycles. The van der Waals surface area contributed by atoms with E-state index < -0.39 is 12.2 Å². The first kappa shape index (κ1) is 12.2. The molecule has 5 heteroatoms. The molecule has 2 rings (SSSR count). The highest BCUT2D eigenvalue weighted by molar-refractivity contribution is 5.49. The minimum atomic E-state index is -2.62. The molecule has 0 saturated carbocycles. The normalized spacial score (nSPS) is 17.3. The summed E-state index contributed by atoms with van der Waals surface area (Å²) in [5.41, 5.74) is 0.150. The highest BCUT2D eigenvalue weighted by Crippen LogP contribution is 2.26. The number of hydrogen-bond donors (Lipinski definition) is 1. The van der Waals surface area contributed by atoms with E-state index >= 15 is 0 Å². The Morgan fingerprint density at radius 3 is 2.71 bits per heavy atom. The van der Waals surface area contributed by atoms with Gasteiger partial charge >= 0.3 is 0 Å². The Morgan fingerprint density at radius 1 is 1.18 bits per heavy atom. The average molecular weight is 244 g/mol. The van der Waals surface area contributed by atoms with Crippen LogP contribution in [0.2, 0.25) is 0 Å². The Bertz CT molecular complexity index is 374. The quantitative estimate of drug-likeness (QED) is 0.860. The zero-order valence-corrected chi connectivity index (χ0v) is 9.43. The fourth-order valence-corrected chi connectivity index (χ4v) is 2.00. The minimum Gasteiger partial charge on any atom is -0.368 e. The number of halogens is 3. The van der Waals surface area contributed by atoms with Gasteiger partial charge in [-0.25, -0.2) is 13.2 Å². The van der Waals surface area contributed by atoms with Crippen molar-refractivity contribution in [3.8, 4) is 0 Å². The van der Waals surface area contributed by atoms with Crippen molar-refractivity contribution in [3.05, 3.63) is 29.6 Å². The van der Waals surface area contributed by atoms with Crippen LogP contribution in [-0.2, 0) is 0 Å². The van der Waals surface area contributed by atoms with Gasteiger partial charge in [0.05, 0.1) is 5.69 Å². The van der Waals surface area contributed by atoms with Gasteiger partial charge in [-0.1, -0.05) is 6.07 Å². The van der Waals surface area contributed by atoms with Crippen LogP contribution in [-0.4, -0.2) is 26.2 Å². The molecule has 1 aliphatic rings. The van der Waals surface area contributed by atoms with E-state index in [9.17, 15) is 13.2 Å². The number of alkyl halides is 2. The van der Waals surface area contributed by atoms with Crippen LogP contribution in [0.1, 0.15) is 18.4 Å². The molecule has 0 aromatic heterocycles. The molecule has 0 bridgehead atoms. The number of nitrogens with one attached hydrogen (secondary N) is 1. The van der Waals surface area contributed by atoms with Crippen LogP contribution in [0.3, 0.4) is 0 Å². The third-order valence-corrected chi connectivity index (χ3v) is 2.90. The molecular weight excluding hydrogens is 229 g/mol. The maximum atomic E-state index is 13.7. The Balaban J connectivity index is 2.19. The average Bonchev–Trinajstić information content (AvgIpc) is 2.57. The van der Waals surface area contributed by atoms with Crippen molar-refractivity contribution in [2.45, 2.75) is 12.8 Å². The molecule has 1 aliphatic heterocycles. The maximum absolute atomic E-state index is 13.7.